The van der Waals surface area contributed by atoms with Crippen LogP contribution in [0.5, 0.6) is 5.75 Å². The highest BCUT2D eigenvalue weighted by atomic mass is 32.2. The first-order valence-corrected chi connectivity index (χ1v) is 16.8. The van der Waals surface area contributed by atoms with Crippen LogP contribution in [0.15, 0.2) is 88.7 Å². The maximum absolute atomic E-state index is 13.5. The van der Waals surface area contributed by atoms with E-state index in [4.69, 9.17) is 9.47 Å². The van der Waals surface area contributed by atoms with Crippen LogP contribution < -0.4 is 15.0 Å². The molecular formula is C36H37F3N4O4S. The van der Waals surface area contributed by atoms with Gasteiger partial charge in [0.25, 0.3) is 0 Å². The van der Waals surface area contributed by atoms with Gasteiger partial charge < -0.3 is 24.6 Å². The van der Waals surface area contributed by atoms with Crippen LogP contribution in [0.25, 0.3) is 10.8 Å². The molecule has 0 aliphatic carbocycles. The Hall–Kier alpha value is -4.26. The van der Waals surface area contributed by atoms with Crippen molar-refractivity contribution < 1.29 is 32.2 Å². The van der Waals surface area contributed by atoms with Gasteiger partial charge in [-0.2, -0.15) is 13.2 Å². The van der Waals surface area contributed by atoms with Gasteiger partial charge in [-0.1, -0.05) is 48.2 Å². The maximum Gasteiger partial charge on any atom is 0.416 e. The number of carbonyl (C=O) groups is 2. The Bertz CT molecular complexity index is 1780. The molecule has 252 valence electrons. The van der Waals surface area contributed by atoms with Gasteiger partial charge in [0, 0.05) is 72.4 Å². The van der Waals surface area contributed by atoms with E-state index < -0.39 is 17.7 Å². The lowest BCUT2D eigenvalue weighted by Crippen LogP contribution is -2.47. The number of hydrogen-bond donors (Lipinski definition) is 1. The van der Waals surface area contributed by atoms with Gasteiger partial charge in [-0.15, -0.1) is 0 Å². The lowest BCUT2D eigenvalue weighted by Gasteiger charge is -2.36. The third-order valence-electron chi connectivity index (χ3n) is 8.48. The van der Waals surface area contributed by atoms with Crippen molar-refractivity contribution >= 4 is 51.5 Å². The van der Waals surface area contributed by atoms with E-state index in [0.29, 0.717) is 30.2 Å². The molecule has 0 saturated carbocycles. The quantitative estimate of drug-likeness (QED) is 0.169. The third-order valence-corrected chi connectivity index (χ3v) is 9.62. The highest BCUT2D eigenvalue weighted by Gasteiger charge is 2.33. The fourth-order valence-electron chi connectivity index (χ4n) is 6.10. The molecule has 2 aliphatic rings. The first kappa shape index (κ1) is 33.6. The molecule has 6 rings (SSSR count). The number of benzene rings is 4. The van der Waals surface area contributed by atoms with Crippen molar-refractivity contribution in [2.45, 2.75) is 29.3 Å². The number of ether oxygens (including phenoxy) is 2. The third kappa shape index (κ3) is 8.05. The van der Waals surface area contributed by atoms with E-state index in [-0.39, 0.29) is 19.1 Å². The molecule has 0 unspecified atom stereocenters. The fraction of sp³-hybridized carbons (Fsp3) is 0.333. The number of hydrogen-bond acceptors (Lipinski definition) is 8. The minimum atomic E-state index is -4.40. The first-order chi connectivity index (χ1) is 23.2. The standard InChI is InChI=1S/C36H37F3N4O4S/c1-25(44)40-29-12-13-32(28-8-3-2-7-27(28)29)47-24-35(45)46-22-21-42-19-17-41(18-20-42)15-6-16-43-30-9-4-5-10-33(30)48-34-14-11-26(23-31(34)43)36(37,38)39/h2-5,7-14,23H,6,15-22,24H2,1H3,(H,40,44). The van der Waals surface area contributed by atoms with Crippen molar-refractivity contribution in [3.05, 3.63) is 84.4 Å². The summed E-state index contributed by atoms with van der Waals surface area (Å²) in [5, 5.41) is 4.41. The average molecular weight is 679 g/mol. The lowest BCUT2D eigenvalue weighted by molar-refractivity contribution is -0.146. The second-order valence-corrected chi connectivity index (χ2v) is 12.9. The molecule has 1 N–H and O–H groups in total. The fourth-order valence-corrected chi connectivity index (χ4v) is 7.17. The lowest BCUT2D eigenvalue weighted by atomic mass is 10.1. The van der Waals surface area contributed by atoms with E-state index in [2.05, 4.69) is 15.1 Å². The molecule has 0 aromatic heterocycles. The van der Waals surface area contributed by atoms with E-state index >= 15 is 0 Å². The summed E-state index contributed by atoms with van der Waals surface area (Å²) in [5.74, 6) is -0.0886. The van der Waals surface area contributed by atoms with Gasteiger partial charge in [0.1, 0.15) is 12.4 Å². The zero-order valence-corrected chi connectivity index (χ0v) is 27.4. The molecule has 0 atom stereocenters. The van der Waals surface area contributed by atoms with Crippen LogP contribution in [0.4, 0.5) is 30.2 Å². The molecule has 1 saturated heterocycles. The number of alkyl halides is 3. The van der Waals surface area contributed by atoms with E-state index in [1.54, 1.807) is 18.2 Å². The smallest absolute Gasteiger partial charge is 0.416 e. The number of carbonyl (C=O) groups excluding carboxylic acids is 2. The second kappa shape index (κ2) is 14.9. The Kier molecular flexibility index (Phi) is 10.4. The SMILES string of the molecule is CC(=O)Nc1ccc(OCC(=O)OCCN2CCN(CCCN3c4ccccc4Sc4ccc(C(F)(F)F)cc43)CC2)c2ccccc12. The molecule has 1 amide bonds. The van der Waals surface area contributed by atoms with Gasteiger partial charge in [0.2, 0.25) is 5.91 Å². The number of fused-ring (bicyclic) bond motifs is 3. The summed E-state index contributed by atoms with van der Waals surface area (Å²) >= 11 is 1.50. The van der Waals surface area contributed by atoms with Crippen LogP contribution in [-0.4, -0.2) is 80.7 Å². The molecular weight excluding hydrogens is 641 g/mol. The Labute approximate surface area is 281 Å². The molecule has 2 heterocycles. The molecule has 48 heavy (non-hydrogen) atoms. The molecule has 12 heteroatoms. The van der Waals surface area contributed by atoms with Crippen molar-refractivity contribution in [2.75, 3.05) is 69.2 Å². The molecule has 1 fully saturated rings. The van der Waals surface area contributed by atoms with E-state index in [0.717, 1.165) is 71.5 Å². The second-order valence-electron chi connectivity index (χ2n) is 11.8. The van der Waals surface area contributed by atoms with Gasteiger partial charge in [-0.05, 0) is 55.4 Å². The van der Waals surface area contributed by atoms with Gasteiger partial charge in [-0.3, -0.25) is 9.69 Å². The van der Waals surface area contributed by atoms with Crippen LogP contribution in [0.1, 0.15) is 18.9 Å². The molecule has 0 bridgehead atoms. The van der Waals surface area contributed by atoms with Crippen LogP contribution in [0.2, 0.25) is 0 Å². The molecule has 0 spiro atoms. The largest absolute Gasteiger partial charge is 0.481 e. The Morgan fingerprint density at radius 3 is 2.25 bits per heavy atom. The van der Waals surface area contributed by atoms with E-state index in [1.807, 2.05) is 53.4 Å². The highest BCUT2D eigenvalue weighted by Crippen LogP contribution is 2.49. The zero-order valence-electron chi connectivity index (χ0n) is 26.6. The number of rotatable bonds is 11. The van der Waals surface area contributed by atoms with Crippen molar-refractivity contribution in [3.8, 4) is 5.75 Å². The molecule has 4 aromatic carbocycles. The van der Waals surface area contributed by atoms with Gasteiger partial charge in [-0.25, -0.2) is 4.79 Å². The van der Waals surface area contributed by atoms with E-state index in [9.17, 15) is 22.8 Å². The van der Waals surface area contributed by atoms with Crippen LogP contribution in [-0.2, 0) is 20.5 Å². The summed E-state index contributed by atoms with van der Waals surface area (Å²) in [6, 6.07) is 22.8. The number of nitrogens with zero attached hydrogens (tertiary/aromatic N) is 3. The van der Waals surface area contributed by atoms with Crippen molar-refractivity contribution in [3.63, 3.8) is 0 Å². The topological polar surface area (TPSA) is 74.3 Å². The molecule has 2 aliphatic heterocycles. The van der Waals surface area contributed by atoms with Crippen LogP contribution in [0.3, 0.4) is 0 Å². The summed E-state index contributed by atoms with van der Waals surface area (Å²) in [5.41, 5.74) is 1.58. The minimum Gasteiger partial charge on any atom is -0.481 e. The Morgan fingerprint density at radius 2 is 1.50 bits per heavy atom. The number of halogens is 3. The number of piperazine rings is 1. The Morgan fingerprint density at radius 1 is 0.812 bits per heavy atom. The number of anilines is 3. The van der Waals surface area contributed by atoms with Crippen molar-refractivity contribution in [1.29, 1.82) is 0 Å². The maximum atomic E-state index is 13.5. The number of amides is 1. The first-order valence-electron chi connectivity index (χ1n) is 15.9. The number of nitrogens with one attached hydrogen (secondary N) is 1. The zero-order chi connectivity index (χ0) is 33.7. The summed E-state index contributed by atoms with van der Waals surface area (Å²) in [6.45, 7) is 6.95. The minimum absolute atomic E-state index is 0.169. The van der Waals surface area contributed by atoms with E-state index in [1.165, 1.54) is 24.8 Å². The number of para-hydroxylation sites is 1. The predicted octanol–water partition coefficient (Wildman–Crippen LogP) is 7.05. The number of esters is 1. The predicted molar refractivity (Wildman–Crippen MR) is 181 cm³/mol. The summed E-state index contributed by atoms with van der Waals surface area (Å²) < 4.78 is 51.8. The van der Waals surface area contributed by atoms with Gasteiger partial charge in [0.15, 0.2) is 6.61 Å². The van der Waals surface area contributed by atoms with Crippen molar-refractivity contribution in [2.24, 2.45) is 0 Å². The van der Waals surface area contributed by atoms with Gasteiger partial charge in [0.05, 0.1) is 16.9 Å². The van der Waals surface area contributed by atoms with Crippen molar-refractivity contribution in [1.82, 2.24) is 9.80 Å². The van der Waals surface area contributed by atoms with Crippen LogP contribution in [0, 0.1) is 0 Å². The molecule has 0 radical (unpaired) electrons. The summed E-state index contributed by atoms with van der Waals surface area (Å²) in [7, 11) is 0. The Balaban J connectivity index is 0.934. The summed E-state index contributed by atoms with van der Waals surface area (Å²) in [6.07, 6.45) is -3.59. The van der Waals surface area contributed by atoms with Gasteiger partial charge >= 0.3 is 12.1 Å². The molecule has 8 nitrogen and oxygen atoms in total. The monoisotopic (exact) mass is 678 g/mol. The normalized spacial score (nSPS) is 15.1. The molecule has 4 aromatic rings. The van der Waals surface area contributed by atoms with Crippen LogP contribution >= 0.6 is 11.8 Å². The summed E-state index contributed by atoms with van der Waals surface area (Å²) in [4.78, 5) is 32.5. The average Bonchev–Trinajstić information content (AvgIpc) is 3.07. The highest BCUT2D eigenvalue weighted by molar-refractivity contribution is 7.99.